The van der Waals surface area contributed by atoms with Crippen LogP contribution in [0.3, 0.4) is 0 Å². The Morgan fingerprint density at radius 1 is 1.14 bits per heavy atom. The van der Waals surface area contributed by atoms with Gasteiger partial charge in [-0.1, -0.05) is 48.0 Å². The molecule has 5 heteroatoms. The third-order valence-electron chi connectivity index (χ3n) is 3.24. The molecule has 0 aliphatic heterocycles. The molecule has 2 aromatic rings. The predicted molar refractivity (Wildman–Crippen MR) is 79.9 cm³/mol. The van der Waals surface area contributed by atoms with Crippen LogP contribution in [0.15, 0.2) is 48.5 Å². The number of Topliss-reactive ketones (excluding diaryl/α,β-unsaturated/α-hetero) is 1. The quantitative estimate of drug-likeness (QED) is 0.657. The number of halogens is 1. The summed E-state index contributed by atoms with van der Waals surface area (Å²) < 4.78 is 13.5. The van der Waals surface area contributed by atoms with E-state index in [1.807, 2.05) is 6.92 Å². The maximum atomic E-state index is 13.5. The molecular formula is C17H16FNO3. The van der Waals surface area contributed by atoms with Crippen LogP contribution in [0.5, 0.6) is 0 Å². The van der Waals surface area contributed by atoms with Gasteiger partial charge in [0.2, 0.25) is 5.78 Å². The summed E-state index contributed by atoms with van der Waals surface area (Å²) in [7, 11) is 0. The zero-order valence-electron chi connectivity index (χ0n) is 12.0. The fourth-order valence-electron chi connectivity index (χ4n) is 1.96. The van der Waals surface area contributed by atoms with Gasteiger partial charge in [0.15, 0.2) is 0 Å². The first-order chi connectivity index (χ1) is 10.5. The van der Waals surface area contributed by atoms with E-state index in [2.05, 4.69) is 5.32 Å². The van der Waals surface area contributed by atoms with Crippen LogP contribution < -0.4 is 5.32 Å². The van der Waals surface area contributed by atoms with Crippen LogP contribution in [0.2, 0.25) is 0 Å². The third-order valence-corrected chi connectivity index (χ3v) is 3.24. The molecule has 2 rings (SSSR count). The fraction of sp³-hybridized carbons (Fsp3) is 0.176. The Morgan fingerprint density at radius 3 is 2.41 bits per heavy atom. The number of hydrogen-bond acceptors (Lipinski definition) is 3. The Morgan fingerprint density at radius 2 is 1.77 bits per heavy atom. The molecule has 0 fully saturated rings. The van der Waals surface area contributed by atoms with E-state index in [4.69, 9.17) is 0 Å². The molecule has 0 aliphatic carbocycles. The molecule has 0 radical (unpaired) electrons. The molecule has 1 amide bonds. The van der Waals surface area contributed by atoms with E-state index in [-0.39, 0.29) is 17.7 Å². The second kappa shape index (κ2) is 6.95. The highest BCUT2D eigenvalue weighted by Gasteiger charge is 2.18. The first-order valence-corrected chi connectivity index (χ1v) is 6.80. The minimum atomic E-state index is -1.21. The number of carbonyl (C=O) groups excluding carboxylic acids is 2. The average molecular weight is 301 g/mol. The Hall–Kier alpha value is -2.53. The van der Waals surface area contributed by atoms with Gasteiger partial charge in [-0.15, -0.1) is 0 Å². The smallest absolute Gasteiger partial charge is 0.292 e. The van der Waals surface area contributed by atoms with Gasteiger partial charge in [0, 0.05) is 17.7 Å². The number of nitrogens with one attached hydrogen (secondary N) is 1. The van der Waals surface area contributed by atoms with Crippen molar-refractivity contribution in [2.45, 2.75) is 13.0 Å². The molecule has 0 bridgehead atoms. The topological polar surface area (TPSA) is 66.4 Å². The normalized spacial score (nSPS) is 11.8. The van der Waals surface area contributed by atoms with Gasteiger partial charge in [-0.2, -0.15) is 0 Å². The molecule has 4 nitrogen and oxygen atoms in total. The monoisotopic (exact) mass is 301 g/mol. The van der Waals surface area contributed by atoms with Crippen LogP contribution in [-0.4, -0.2) is 23.3 Å². The predicted octanol–water partition coefficient (Wildman–Crippen LogP) is 2.17. The van der Waals surface area contributed by atoms with Crippen molar-refractivity contribution in [1.82, 2.24) is 5.32 Å². The summed E-state index contributed by atoms with van der Waals surface area (Å²) in [4.78, 5) is 23.7. The number of aryl methyl sites for hydroxylation is 1. The van der Waals surface area contributed by atoms with Gasteiger partial charge in [0.25, 0.3) is 5.91 Å². The van der Waals surface area contributed by atoms with Crippen LogP contribution >= 0.6 is 0 Å². The van der Waals surface area contributed by atoms with E-state index in [1.165, 1.54) is 18.2 Å². The van der Waals surface area contributed by atoms with E-state index in [0.717, 1.165) is 5.56 Å². The highest BCUT2D eigenvalue weighted by molar-refractivity contribution is 6.42. The number of rotatable bonds is 5. The highest BCUT2D eigenvalue weighted by Crippen LogP contribution is 2.15. The number of hydrogen-bond donors (Lipinski definition) is 2. The fourth-order valence-corrected chi connectivity index (χ4v) is 1.96. The average Bonchev–Trinajstić information content (AvgIpc) is 2.52. The first-order valence-electron chi connectivity index (χ1n) is 6.80. The Balaban J connectivity index is 1.96. The van der Waals surface area contributed by atoms with Crippen LogP contribution in [0.25, 0.3) is 0 Å². The van der Waals surface area contributed by atoms with Crippen LogP contribution in [0.1, 0.15) is 27.6 Å². The van der Waals surface area contributed by atoms with E-state index in [9.17, 15) is 19.1 Å². The largest absolute Gasteiger partial charge is 0.386 e. The first kappa shape index (κ1) is 15.9. The lowest BCUT2D eigenvalue weighted by atomic mass is 10.1. The van der Waals surface area contributed by atoms with Gasteiger partial charge < -0.3 is 10.4 Å². The summed E-state index contributed by atoms with van der Waals surface area (Å²) >= 11 is 0. The molecule has 2 aromatic carbocycles. The van der Waals surface area contributed by atoms with Gasteiger partial charge >= 0.3 is 0 Å². The summed E-state index contributed by atoms with van der Waals surface area (Å²) in [5, 5.41) is 12.2. The Bertz CT molecular complexity index is 683. The van der Waals surface area contributed by atoms with E-state index in [1.54, 1.807) is 30.3 Å². The minimum Gasteiger partial charge on any atom is -0.386 e. The molecule has 0 aromatic heterocycles. The van der Waals surface area contributed by atoms with Gasteiger partial charge in [-0.25, -0.2) is 4.39 Å². The van der Waals surface area contributed by atoms with Gasteiger partial charge in [0.1, 0.15) is 5.82 Å². The maximum absolute atomic E-state index is 13.5. The zero-order valence-corrected chi connectivity index (χ0v) is 12.0. The van der Waals surface area contributed by atoms with Crippen molar-refractivity contribution in [3.05, 3.63) is 71.0 Å². The van der Waals surface area contributed by atoms with Gasteiger partial charge in [-0.05, 0) is 13.0 Å². The lowest BCUT2D eigenvalue weighted by Crippen LogP contribution is -2.34. The standard InChI is InChI=1S/C17H16FNO3/c1-11-6-8-12(9-7-11)16(21)17(22)19-10-15(20)13-4-2-3-5-14(13)18/h2-9,15,20H,10H2,1H3,(H,19,22). The van der Waals surface area contributed by atoms with Crippen molar-refractivity contribution in [2.24, 2.45) is 0 Å². The Kier molecular flexibility index (Phi) is 5.01. The van der Waals surface area contributed by atoms with Gasteiger partial charge in [0.05, 0.1) is 6.10 Å². The van der Waals surface area contributed by atoms with E-state index >= 15 is 0 Å². The van der Waals surface area contributed by atoms with Crippen molar-refractivity contribution in [1.29, 1.82) is 0 Å². The molecular weight excluding hydrogens is 285 g/mol. The summed E-state index contributed by atoms with van der Waals surface area (Å²) in [6.45, 7) is 1.64. The molecule has 0 saturated carbocycles. The molecule has 0 aliphatic rings. The second-order valence-electron chi connectivity index (χ2n) is 4.94. The van der Waals surface area contributed by atoms with Crippen molar-refractivity contribution in [3.8, 4) is 0 Å². The minimum absolute atomic E-state index is 0.0746. The number of aliphatic hydroxyl groups is 1. The molecule has 0 spiro atoms. The lowest BCUT2D eigenvalue weighted by Gasteiger charge is -2.12. The van der Waals surface area contributed by atoms with Crippen molar-refractivity contribution >= 4 is 11.7 Å². The summed E-state index contributed by atoms with van der Waals surface area (Å²) in [6, 6.07) is 12.3. The number of amides is 1. The number of benzene rings is 2. The van der Waals surface area contributed by atoms with Crippen molar-refractivity contribution in [2.75, 3.05) is 6.54 Å². The van der Waals surface area contributed by atoms with Crippen molar-refractivity contribution in [3.63, 3.8) is 0 Å². The SMILES string of the molecule is Cc1ccc(C(=O)C(=O)NCC(O)c2ccccc2F)cc1. The molecule has 0 saturated heterocycles. The van der Waals surface area contributed by atoms with Gasteiger partial charge in [-0.3, -0.25) is 9.59 Å². The number of ketones is 1. The Labute approximate surface area is 127 Å². The zero-order chi connectivity index (χ0) is 16.1. The second-order valence-corrected chi connectivity index (χ2v) is 4.94. The lowest BCUT2D eigenvalue weighted by molar-refractivity contribution is -0.117. The summed E-state index contributed by atoms with van der Waals surface area (Å²) in [5.41, 5.74) is 1.32. The molecule has 1 unspecified atom stereocenters. The summed E-state index contributed by atoms with van der Waals surface area (Å²) in [6.07, 6.45) is -1.21. The van der Waals surface area contributed by atoms with E-state index in [0.29, 0.717) is 0 Å². The number of aliphatic hydroxyl groups excluding tert-OH is 1. The summed E-state index contributed by atoms with van der Waals surface area (Å²) in [5.74, 6) is -2.09. The molecule has 2 N–H and O–H groups in total. The highest BCUT2D eigenvalue weighted by atomic mass is 19.1. The molecule has 1 atom stereocenters. The molecule has 22 heavy (non-hydrogen) atoms. The van der Waals surface area contributed by atoms with E-state index < -0.39 is 23.6 Å². The number of carbonyl (C=O) groups is 2. The maximum Gasteiger partial charge on any atom is 0.292 e. The van der Waals surface area contributed by atoms with Crippen molar-refractivity contribution < 1.29 is 19.1 Å². The van der Waals surface area contributed by atoms with Crippen LogP contribution in [0, 0.1) is 12.7 Å². The third kappa shape index (κ3) is 3.77. The van der Waals surface area contributed by atoms with Crippen LogP contribution in [-0.2, 0) is 4.79 Å². The molecule has 0 heterocycles. The van der Waals surface area contributed by atoms with Crippen LogP contribution in [0.4, 0.5) is 4.39 Å². The molecule has 114 valence electrons.